The number of hydrogen-bond donors (Lipinski definition) is 3. The van der Waals surface area contributed by atoms with Gasteiger partial charge in [0.05, 0.1) is 28.1 Å². The Balaban J connectivity index is 3.01. The first-order valence-corrected chi connectivity index (χ1v) is 11.4. The normalized spacial score (nSPS) is 18.3. The second-order valence-electron chi connectivity index (χ2n) is 8.03. The number of benzene rings is 1. The van der Waals surface area contributed by atoms with Gasteiger partial charge < -0.3 is 25.6 Å². The number of aliphatic carboxylic acids is 2. The number of nitrogens with two attached hydrogens (primary N) is 1. The highest BCUT2D eigenvalue weighted by atomic mass is 16.6. The summed E-state index contributed by atoms with van der Waals surface area (Å²) in [4.78, 5) is 38.2. The van der Waals surface area contributed by atoms with Crippen molar-refractivity contribution in [2.75, 3.05) is 19.7 Å². The summed E-state index contributed by atoms with van der Waals surface area (Å²) in [6, 6.07) is 3.93. The van der Waals surface area contributed by atoms with E-state index < -0.39 is 22.3 Å². The smallest absolute Gasteiger partial charge is 0.334 e. The number of carboxylic acids is 2. The maximum atomic E-state index is 12.7. The molecule has 186 valence electrons. The number of rotatable bonds is 12. The Hall–Kier alpha value is -3.40. The van der Waals surface area contributed by atoms with Crippen LogP contribution in [-0.2, 0) is 15.0 Å². The van der Waals surface area contributed by atoms with Gasteiger partial charge >= 0.3 is 11.9 Å². The molecule has 10 heteroatoms. The summed E-state index contributed by atoms with van der Waals surface area (Å²) >= 11 is 0. The Morgan fingerprint density at radius 3 is 2.26 bits per heavy atom. The first-order chi connectivity index (χ1) is 16.1. The van der Waals surface area contributed by atoms with Crippen molar-refractivity contribution in [3.8, 4) is 5.75 Å². The van der Waals surface area contributed by atoms with Crippen LogP contribution in [0.3, 0.4) is 0 Å². The molecule has 10 nitrogen and oxygen atoms in total. The standard InChI is InChI=1S/C24H33N3O7/c1-5-18-21(23(30)31)24(6-2,20(22(28)29)15(4)26(18)7-3)17-14-16(27(32)33)10-11-19(17)34-13-9-8-12-25/h10-11,14H,5-9,12-13,25H2,1-4H3,(H,28,29)(H,30,31). The molecular formula is C24H33N3O7. The second kappa shape index (κ2) is 11.1. The van der Waals surface area contributed by atoms with Crippen LogP contribution in [0.15, 0.2) is 40.7 Å². The van der Waals surface area contributed by atoms with Crippen molar-refractivity contribution in [3.05, 3.63) is 56.4 Å². The summed E-state index contributed by atoms with van der Waals surface area (Å²) in [5.41, 5.74) is 4.42. The third-order valence-electron chi connectivity index (χ3n) is 6.33. The predicted octanol–water partition coefficient (Wildman–Crippen LogP) is 3.80. The summed E-state index contributed by atoms with van der Waals surface area (Å²) in [7, 11) is 0. The Labute approximate surface area is 198 Å². The largest absolute Gasteiger partial charge is 0.493 e. The van der Waals surface area contributed by atoms with E-state index in [1.807, 2.05) is 6.92 Å². The fraction of sp³-hybridized carbons (Fsp3) is 0.500. The lowest BCUT2D eigenvalue weighted by atomic mass is 9.63. The van der Waals surface area contributed by atoms with E-state index in [-0.39, 0.29) is 41.2 Å². The maximum absolute atomic E-state index is 12.7. The molecule has 2 rings (SSSR count). The highest BCUT2D eigenvalue weighted by Crippen LogP contribution is 2.53. The summed E-state index contributed by atoms with van der Waals surface area (Å²) in [5.74, 6) is -2.34. The molecular weight excluding hydrogens is 442 g/mol. The predicted molar refractivity (Wildman–Crippen MR) is 127 cm³/mol. The second-order valence-corrected chi connectivity index (χ2v) is 8.03. The molecule has 34 heavy (non-hydrogen) atoms. The molecule has 4 N–H and O–H groups in total. The van der Waals surface area contributed by atoms with Gasteiger partial charge in [-0.15, -0.1) is 0 Å². The molecule has 1 aliphatic heterocycles. The zero-order valence-electron chi connectivity index (χ0n) is 20.1. The molecule has 0 aromatic heterocycles. The van der Waals surface area contributed by atoms with Gasteiger partial charge in [0.1, 0.15) is 5.75 Å². The first kappa shape index (κ1) is 26.8. The summed E-state index contributed by atoms with van der Waals surface area (Å²) < 4.78 is 5.94. The molecule has 1 aromatic rings. The summed E-state index contributed by atoms with van der Waals surface area (Å²) in [6.45, 7) is 8.05. The first-order valence-electron chi connectivity index (χ1n) is 11.4. The van der Waals surface area contributed by atoms with E-state index in [1.54, 1.807) is 25.7 Å². The van der Waals surface area contributed by atoms with Crippen LogP contribution in [0.5, 0.6) is 5.75 Å². The molecule has 0 saturated heterocycles. The molecule has 1 aromatic carbocycles. The van der Waals surface area contributed by atoms with Crippen LogP contribution in [0.2, 0.25) is 0 Å². The Bertz CT molecular complexity index is 1030. The fourth-order valence-electron chi connectivity index (χ4n) is 4.92. The molecule has 0 fully saturated rings. The number of ether oxygens (including phenoxy) is 1. The van der Waals surface area contributed by atoms with Crippen molar-refractivity contribution >= 4 is 17.6 Å². The van der Waals surface area contributed by atoms with Gasteiger partial charge in [-0.05, 0) is 52.1 Å². The van der Waals surface area contributed by atoms with E-state index in [4.69, 9.17) is 10.5 Å². The lowest BCUT2D eigenvalue weighted by Gasteiger charge is -2.45. The minimum atomic E-state index is -1.66. The minimum absolute atomic E-state index is 0.0506. The number of nitrogens with zero attached hydrogens (tertiary/aromatic N) is 2. The number of hydrogen-bond acceptors (Lipinski definition) is 7. The minimum Gasteiger partial charge on any atom is -0.493 e. The fourth-order valence-corrected chi connectivity index (χ4v) is 4.92. The molecule has 0 spiro atoms. The number of nitro benzene ring substituents is 1. The number of unbranched alkanes of at least 4 members (excludes halogenated alkanes) is 1. The van der Waals surface area contributed by atoms with Gasteiger partial charge in [-0.25, -0.2) is 9.59 Å². The van der Waals surface area contributed by atoms with Crippen LogP contribution >= 0.6 is 0 Å². The number of carbonyl (C=O) groups is 2. The van der Waals surface area contributed by atoms with Crippen molar-refractivity contribution in [1.82, 2.24) is 4.90 Å². The lowest BCUT2D eigenvalue weighted by Crippen LogP contribution is -2.46. The van der Waals surface area contributed by atoms with Crippen molar-refractivity contribution in [3.63, 3.8) is 0 Å². The average Bonchev–Trinajstić information content (AvgIpc) is 2.80. The molecule has 1 unspecified atom stereocenters. The third-order valence-corrected chi connectivity index (χ3v) is 6.33. The summed E-state index contributed by atoms with van der Waals surface area (Å²) in [6.07, 6.45) is 1.71. The molecule has 0 bridgehead atoms. The van der Waals surface area contributed by atoms with Crippen LogP contribution in [-0.4, -0.2) is 51.7 Å². The third kappa shape index (κ3) is 4.63. The van der Waals surface area contributed by atoms with E-state index in [1.165, 1.54) is 18.2 Å². The molecule has 0 saturated carbocycles. The SMILES string of the molecule is CCC1=C(C(=O)O)C(CC)(c2cc([N+](=O)[O-])ccc2OCCCCN)C(C(=O)O)=C(C)N1CC. The van der Waals surface area contributed by atoms with Gasteiger partial charge in [-0.2, -0.15) is 0 Å². The molecule has 1 atom stereocenters. The monoisotopic (exact) mass is 475 g/mol. The van der Waals surface area contributed by atoms with E-state index in [2.05, 4.69) is 0 Å². The summed E-state index contributed by atoms with van der Waals surface area (Å²) in [5, 5.41) is 32.4. The molecule has 0 amide bonds. The number of carboxylic acid groups (broad SMARTS) is 2. The van der Waals surface area contributed by atoms with Gasteiger partial charge in [-0.1, -0.05) is 13.8 Å². The number of allylic oxidation sites excluding steroid dienone is 2. The highest BCUT2D eigenvalue weighted by molar-refractivity contribution is 6.01. The van der Waals surface area contributed by atoms with Gasteiger partial charge in [0.2, 0.25) is 0 Å². The quantitative estimate of drug-likeness (QED) is 0.232. The number of non-ortho nitro benzene ring substituents is 1. The molecule has 1 heterocycles. The van der Waals surface area contributed by atoms with Crippen LogP contribution in [0, 0.1) is 10.1 Å². The van der Waals surface area contributed by atoms with Crippen LogP contribution in [0.4, 0.5) is 5.69 Å². The van der Waals surface area contributed by atoms with Gasteiger partial charge in [-0.3, -0.25) is 10.1 Å². The highest BCUT2D eigenvalue weighted by Gasteiger charge is 2.52. The van der Waals surface area contributed by atoms with Crippen molar-refractivity contribution in [2.45, 2.75) is 58.8 Å². The Morgan fingerprint density at radius 2 is 1.79 bits per heavy atom. The maximum Gasteiger partial charge on any atom is 0.334 e. The van der Waals surface area contributed by atoms with Crippen LogP contribution in [0.1, 0.15) is 58.9 Å². The van der Waals surface area contributed by atoms with Crippen molar-refractivity contribution in [2.24, 2.45) is 5.73 Å². The Kier molecular flexibility index (Phi) is 8.80. The number of nitro groups is 1. The molecule has 0 aliphatic carbocycles. The van der Waals surface area contributed by atoms with E-state index in [0.29, 0.717) is 43.7 Å². The van der Waals surface area contributed by atoms with Gasteiger partial charge in [0.25, 0.3) is 5.69 Å². The van der Waals surface area contributed by atoms with E-state index >= 15 is 0 Å². The van der Waals surface area contributed by atoms with Crippen molar-refractivity contribution < 1.29 is 29.5 Å². The van der Waals surface area contributed by atoms with Gasteiger partial charge in [0.15, 0.2) is 0 Å². The lowest BCUT2D eigenvalue weighted by molar-refractivity contribution is -0.385. The molecule has 1 aliphatic rings. The molecule has 0 radical (unpaired) electrons. The Morgan fingerprint density at radius 1 is 1.15 bits per heavy atom. The zero-order chi connectivity index (χ0) is 25.6. The van der Waals surface area contributed by atoms with E-state index in [9.17, 15) is 29.9 Å². The van der Waals surface area contributed by atoms with Gasteiger partial charge in [0, 0.05) is 35.6 Å². The zero-order valence-corrected chi connectivity index (χ0v) is 20.1. The van der Waals surface area contributed by atoms with Crippen LogP contribution in [0.25, 0.3) is 0 Å². The van der Waals surface area contributed by atoms with E-state index in [0.717, 1.165) is 0 Å². The van der Waals surface area contributed by atoms with Crippen molar-refractivity contribution in [1.29, 1.82) is 0 Å². The average molecular weight is 476 g/mol. The topological polar surface area (TPSA) is 156 Å². The van der Waals surface area contributed by atoms with Crippen LogP contribution < -0.4 is 10.5 Å².